The third-order valence-corrected chi connectivity index (χ3v) is 4.86. The van der Waals surface area contributed by atoms with Gasteiger partial charge in [-0.25, -0.2) is 0 Å². The fourth-order valence-corrected chi connectivity index (χ4v) is 3.45. The number of rotatable bonds is 7. The molecule has 0 bridgehead atoms. The molecule has 1 atom stereocenters. The molecule has 3 rings (SSSR count). The van der Waals surface area contributed by atoms with Gasteiger partial charge in [0.05, 0.1) is 25.9 Å². The summed E-state index contributed by atoms with van der Waals surface area (Å²) in [7, 11) is 0. The lowest BCUT2D eigenvalue weighted by Crippen LogP contribution is -2.52. The number of guanidine groups is 1. The summed E-state index contributed by atoms with van der Waals surface area (Å²) in [5.41, 5.74) is 1.30. The van der Waals surface area contributed by atoms with E-state index < -0.39 is 0 Å². The Balaban J connectivity index is 0.00000261. The van der Waals surface area contributed by atoms with Crippen LogP contribution in [-0.4, -0.2) is 76.1 Å². The maximum atomic E-state index is 5.72. The van der Waals surface area contributed by atoms with Crippen molar-refractivity contribution >= 4 is 35.6 Å². The van der Waals surface area contributed by atoms with Gasteiger partial charge in [0, 0.05) is 45.0 Å². The number of ether oxygens (including phenoxy) is 2. The number of nitrogens with zero attached hydrogens (tertiary/aromatic N) is 3. The van der Waals surface area contributed by atoms with Crippen LogP contribution in [0.3, 0.4) is 0 Å². The first-order valence-electron chi connectivity index (χ1n) is 9.89. The van der Waals surface area contributed by atoms with Crippen molar-refractivity contribution in [2.45, 2.75) is 25.9 Å². The Morgan fingerprint density at radius 2 is 2.00 bits per heavy atom. The fourth-order valence-electron chi connectivity index (χ4n) is 3.45. The van der Waals surface area contributed by atoms with E-state index in [0.717, 1.165) is 58.1 Å². The van der Waals surface area contributed by atoms with Crippen molar-refractivity contribution in [3.8, 4) is 0 Å². The minimum Gasteiger partial charge on any atom is -0.377 e. The standard InChI is InChI=1S/C20H32N4O2.HI/c1-2-21-20(22-10-16-25-17-19-9-6-15-26-19)24-13-11-23(12-14-24)18-7-4-3-5-8-18;/h3-5,7-8,19H,2,6,9-17H2,1H3,(H,21,22);1H. The maximum Gasteiger partial charge on any atom is 0.194 e. The van der Waals surface area contributed by atoms with Gasteiger partial charge in [-0.15, -0.1) is 24.0 Å². The van der Waals surface area contributed by atoms with Gasteiger partial charge >= 0.3 is 0 Å². The molecule has 2 heterocycles. The Hall–Kier alpha value is -1.06. The lowest BCUT2D eigenvalue weighted by atomic mass is 10.2. The number of hydrogen-bond acceptors (Lipinski definition) is 4. The molecule has 7 heteroatoms. The zero-order chi connectivity index (χ0) is 18.0. The third-order valence-electron chi connectivity index (χ3n) is 4.86. The highest BCUT2D eigenvalue weighted by Gasteiger charge is 2.19. The number of piperazine rings is 1. The van der Waals surface area contributed by atoms with Crippen LogP contribution in [0.15, 0.2) is 35.3 Å². The largest absolute Gasteiger partial charge is 0.377 e. The fraction of sp³-hybridized carbons (Fsp3) is 0.650. The summed E-state index contributed by atoms with van der Waals surface area (Å²) in [5.74, 6) is 1.00. The van der Waals surface area contributed by atoms with E-state index in [1.807, 2.05) is 0 Å². The molecule has 1 N–H and O–H groups in total. The number of hydrogen-bond donors (Lipinski definition) is 1. The van der Waals surface area contributed by atoms with Crippen LogP contribution in [0.1, 0.15) is 19.8 Å². The van der Waals surface area contributed by atoms with Crippen LogP contribution < -0.4 is 10.2 Å². The number of aliphatic imine (C=N–C) groups is 1. The van der Waals surface area contributed by atoms with E-state index in [1.165, 1.54) is 5.69 Å². The van der Waals surface area contributed by atoms with Crippen LogP contribution in [0, 0.1) is 0 Å². The highest BCUT2D eigenvalue weighted by molar-refractivity contribution is 14.0. The quantitative estimate of drug-likeness (QED) is 0.277. The molecule has 27 heavy (non-hydrogen) atoms. The number of benzene rings is 1. The average molecular weight is 488 g/mol. The summed E-state index contributed by atoms with van der Waals surface area (Å²) in [6.07, 6.45) is 2.57. The second-order valence-corrected chi connectivity index (χ2v) is 6.76. The summed E-state index contributed by atoms with van der Waals surface area (Å²) in [4.78, 5) is 9.53. The Morgan fingerprint density at radius 1 is 1.22 bits per heavy atom. The van der Waals surface area contributed by atoms with Gasteiger partial charge in [-0.2, -0.15) is 0 Å². The maximum absolute atomic E-state index is 5.72. The van der Waals surface area contributed by atoms with Crippen molar-refractivity contribution in [2.24, 2.45) is 4.99 Å². The minimum atomic E-state index is 0. The van der Waals surface area contributed by atoms with Gasteiger partial charge in [0.15, 0.2) is 5.96 Å². The third kappa shape index (κ3) is 7.12. The Kier molecular flexibility index (Phi) is 10.2. The van der Waals surface area contributed by atoms with Gasteiger partial charge < -0.3 is 24.6 Å². The van der Waals surface area contributed by atoms with Crippen molar-refractivity contribution < 1.29 is 9.47 Å². The van der Waals surface area contributed by atoms with Crippen LogP contribution in [0.25, 0.3) is 0 Å². The molecule has 1 aromatic rings. The van der Waals surface area contributed by atoms with Crippen LogP contribution >= 0.6 is 24.0 Å². The van der Waals surface area contributed by atoms with E-state index in [-0.39, 0.29) is 24.0 Å². The second kappa shape index (κ2) is 12.4. The van der Waals surface area contributed by atoms with Crippen molar-refractivity contribution in [1.82, 2.24) is 10.2 Å². The van der Waals surface area contributed by atoms with Crippen molar-refractivity contribution in [3.05, 3.63) is 30.3 Å². The van der Waals surface area contributed by atoms with Gasteiger partial charge in [-0.3, -0.25) is 4.99 Å². The predicted octanol–water partition coefficient (Wildman–Crippen LogP) is 2.59. The van der Waals surface area contributed by atoms with E-state index in [4.69, 9.17) is 14.5 Å². The summed E-state index contributed by atoms with van der Waals surface area (Å²) < 4.78 is 11.3. The Labute approximate surface area is 180 Å². The molecule has 0 radical (unpaired) electrons. The van der Waals surface area contributed by atoms with E-state index in [0.29, 0.717) is 25.9 Å². The molecule has 1 unspecified atom stereocenters. The molecule has 2 aliphatic rings. The number of para-hydroxylation sites is 1. The first-order chi connectivity index (χ1) is 12.9. The van der Waals surface area contributed by atoms with Crippen LogP contribution in [-0.2, 0) is 9.47 Å². The number of anilines is 1. The second-order valence-electron chi connectivity index (χ2n) is 6.76. The SMILES string of the molecule is CCNC(=NCCOCC1CCCO1)N1CCN(c2ccccc2)CC1.I. The van der Waals surface area contributed by atoms with Gasteiger partial charge in [-0.05, 0) is 31.9 Å². The molecule has 6 nitrogen and oxygen atoms in total. The molecule has 2 aliphatic heterocycles. The summed E-state index contributed by atoms with van der Waals surface area (Å²) in [5, 5.41) is 3.42. The monoisotopic (exact) mass is 488 g/mol. The molecule has 0 aromatic heterocycles. The molecule has 2 saturated heterocycles. The molecular weight excluding hydrogens is 455 g/mol. The highest BCUT2D eigenvalue weighted by Crippen LogP contribution is 2.15. The van der Waals surface area contributed by atoms with Gasteiger partial charge in [0.25, 0.3) is 0 Å². The average Bonchev–Trinajstić information content (AvgIpc) is 3.21. The summed E-state index contributed by atoms with van der Waals surface area (Å²) >= 11 is 0. The summed E-state index contributed by atoms with van der Waals surface area (Å²) in [6, 6.07) is 10.6. The van der Waals surface area contributed by atoms with Crippen LogP contribution in [0.5, 0.6) is 0 Å². The van der Waals surface area contributed by atoms with E-state index >= 15 is 0 Å². The first-order valence-corrected chi connectivity index (χ1v) is 9.89. The molecule has 1 aromatic carbocycles. The van der Waals surface area contributed by atoms with Gasteiger partial charge in [0.1, 0.15) is 0 Å². The van der Waals surface area contributed by atoms with Gasteiger partial charge in [0.2, 0.25) is 0 Å². The minimum absolute atomic E-state index is 0. The molecule has 0 aliphatic carbocycles. The van der Waals surface area contributed by atoms with Crippen LogP contribution in [0.2, 0.25) is 0 Å². The smallest absolute Gasteiger partial charge is 0.194 e. The number of halogens is 1. The van der Waals surface area contributed by atoms with E-state index in [2.05, 4.69) is 52.4 Å². The normalized spacial score (nSPS) is 20.5. The highest BCUT2D eigenvalue weighted by atomic mass is 127. The zero-order valence-corrected chi connectivity index (χ0v) is 18.6. The van der Waals surface area contributed by atoms with Crippen LogP contribution in [0.4, 0.5) is 5.69 Å². The molecule has 152 valence electrons. The van der Waals surface area contributed by atoms with E-state index in [9.17, 15) is 0 Å². The lowest BCUT2D eigenvalue weighted by molar-refractivity contribution is 0.0199. The molecule has 2 fully saturated rings. The molecular formula is C20H33IN4O2. The Bertz CT molecular complexity index is 544. The molecule has 0 spiro atoms. The molecule has 0 amide bonds. The number of nitrogens with one attached hydrogen (secondary N) is 1. The predicted molar refractivity (Wildman–Crippen MR) is 121 cm³/mol. The van der Waals surface area contributed by atoms with Crippen molar-refractivity contribution in [1.29, 1.82) is 0 Å². The Morgan fingerprint density at radius 3 is 2.67 bits per heavy atom. The zero-order valence-electron chi connectivity index (χ0n) is 16.3. The van der Waals surface area contributed by atoms with Crippen molar-refractivity contribution in [3.63, 3.8) is 0 Å². The topological polar surface area (TPSA) is 49.3 Å². The van der Waals surface area contributed by atoms with Crippen molar-refractivity contribution in [2.75, 3.05) is 64.0 Å². The van der Waals surface area contributed by atoms with E-state index in [1.54, 1.807) is 0 Å². The summed E-state index contributed by atoms with van der Waals surface area (Å²) in [6.45, 7) is 9.92. The molecule has 0 saturated carbocycles. The first kappa shape index (κ1) is 22.2. The van der Waals surface area contributed by atoms with Gasteiger partial charge in [-0.1, -0.05) is 18.2 Å². The lowest BCUT2D eigenvalue weighted by Gasteiger charge is -2.37.